The normalized spacial score (nSPS) is 8.83. The maximum atomic E-state index is 11.1. The highest BCUT2D eigenvalue weighted by atomic mass is 16.2. The molecule has 12 heavy (non-hydrogen) atoms. The lowest BCUT2D eigenvalue weighted by Crippen LogP contribution is -2.36. The average Bonchev–Trinajstić information content (AvgIpc) is 1.98. The van der Waals surface area contributed by atoms with Gasteiger partial charge in [0.25, 0.3) is 0 Å². The van der Waals surface area contributed by atoms with Gasteiger partial charge in [-0.15, -0.1) is 0 Å². The number of nitrogens with two attached hydrogens (primary N) is 1. The van der Waals surface area contributed by atoms with Gasteiger partial charge in [0.1, 0.15) is 6.54 Å². The first-order valence-electron chi connectivity index (χ1n) is 3.40. The number of likely N-dealkylation sites (N-methyl/N-ethyl adjacent to an activating group) is 1. The summed E-state index contributed by atoms with van der Waals surface area (Å²) in [6.45, 7) is 3.48. The lowest BCUT2D eigenvalue weighted by molar-refractivity contribution is -0.128. The second kappa shape index (κ2) is 4.38. The molecule has 0 spiro atoms. The maximum absolute atomic E-state index is 11.1. The Morgan fingerprint density at radius 2 is 2.17 bits per heavy atom. The molecule has 1 amide bonds. The van der Waals surface area contributed by atoms with E-state index in [1.807, 2.05) is 0 Å². The number of carbonyl (C=O) groups excluding carboxylic acids is 1. The summed E-state index contributed by atoms with van der Waals surface area (Å²) in [6, 6.07) is 0. The number of nitrogens with one attached hydrogen (secondary N) is 1. The van der Waals surface area contributed by atoms with Gasteiger partial charge in [0.2, 0.25) is 5.91 Å². The Balaban J connectivity index is 4.12. The van der Waals surface area contributed by atoms with E-state index < -0.39 is 0 Å². The van der Waals surface area contributed by atoms with Gasteiger partial charge in [-0.25, -0.2) is 0 Å². The zero-order chi connectivity index (χ0) is 9.72. The number of hydrogen-bond acceptors (Lipinski definition) is 3. The van der Waals surface area contributed by atoms with Crippen LogP contribution >= 0.6 is 0 Å². The lowest BCUT2D eigenvalue weighted by atomic mass is 10.5. The van der Waals surface area contributed by atoms with E-state index in [9.17, 15) is 4.79 Å². The van der Waals surface area contributed by atoms with Crippen molar-refractivity contribution in [3.8, 4) is 0 Å². The topological polar surface area (TPSA) is 73.4 Å². The van der Waals surface area contributed by atoms with Crippen LogP contribution in [0, 0.1) is 5.41 Å². The highest BCUT2D eigenvalue weighted by molar-refractivity contribution is 5.80. The predicted octanol–water partition coefficient (Wildman–Crippen LogP) is -0.586. The summed E-state index contributed by atoms with van der Waals surface area (Å²) >= 11 is 0. The third kappa shape index (κ3) is 3.05. The number of carbonyl (C=O) groups is 1. The summed E-state index contributed by atoms with van der Waals surface area (Å²) < 4.78 is 0. The molecular formula is C7H14N4O. The Morgan fingerprint density at radius 3 is 2.42 bits per heavy atom. The molecule has 0 fully saturated rings. The van der Waals surface area contributed by atoms with Gasteiger partial charge in [0.15, 0.2) is 0 Å². The first-order chi connectivity index (χ1) is 5.49. The number of amides is 1. The van der Waals surface area contributed by atoms with Gasteiger partial charge in [-0.3, -0.25) is 10.2 Å². The third-order valence-corrected chi connectivity index (χ3v) is 1.33. The predicted molar refractivity (Wildman–Crippen MR) is 47.5 cm³/mol. The fourth-order valence-corrected chi connectivity index (χ4v) is 0.517. The third-order valence-electron chi connectivity index (χ3n) is 1.33. The summed E-state index contributed by atoms with van der Waals surface area (Å²) in [5.41, 5.74) is 5.31. The summed E-state index contributed by atoms with van der Waals surface area (Å²) in [7, 11) is 3.29. The lowest BCUT2D eigenvalue weighted by Gasteiger charge is -2.19. The molecule has 0 aromatic heterocycles. The van der Waals surface area contributed by atoms with Crippen molar-refractivity contribution >= 4 is 12.2 Å². The summed E-state index contributed by atoms with van der Waals surface area (Å²) in [5, 5.41) is 6.91. The van der Waals surface area contributed by atoms with Crippen molar-refractivity contribution in [2.75, 3.05) is 20.6 Å². The molecule has 0 aliphatic rings. The number of hydrogen-bond donors (Lipinski definition) is 2. The van der Waals surface area contributed by atoms with Crippen LogP contribution in [0.25, 0.3) is 0 Å². The molecule has 0 aliphatic heterocycles. The molecule has 0 aromatic carbocycles. The van der Waals surface area contributed by atoms with Crippen molar-refractivity contribution in [2.24, 2.45) is 5.73 Å². The minimum atomic E-state index is -0.120. The molecule has 0 aromatic rings. The van der Waals surface area contributed by atoms with Crippen molar-refractivity contribution in [3.63, 3.8) is 0 Å². The zero-order valence-corrected chi connectivity index (χ0v) is 7.37. The summed E-state index contributed by atoms with van der Waals surface area (Å²) in [5.74, 6) is 0.0744. The van der Waals surface area contributed by atoms with E-state index in [2.05, 4.69) is 6.58 Å². The molecule has 0 radical (unpaired) electrons. The summed E-state index contributed by atoms with van der Waals surface area (Å²) in [6.07, 6.45) is 0.976. The molecule has 0 aliphatic carbocycles. The smallest absolute Gasteiger partial charge is 0.242 e. The minimum Gasteiger partial charge on any atom is -0.386 e. The van der Waals surface area contributed by atoms with Gasteiger partial charge in [-0.05, 0) is 0 Å². The highest BCUT2D eigenvalue weighted by Crippen LogP contribution is 1.91. The second-order valence-corrected chi connectivity index (χ2v) is 2.54. The number of rotatable bonds is 4. The standard InChI is InChI=1S/C7H14N4O/c1-6(9)11(5-8)4-7(12)10(2)3/h5,8H,1,4,9H2,2-3H3. The highest BCUT2D eigenvalue weighted by Gasteiger charge is 2.09. The van der Waals surface area contributed by atoms with E-state index in [1.165, 1.54) is 9.80 Å². The van der Waals surface area contributed by atoms with Gasteiger partial charge in [0, 0.05) is 14.1 Å². The molecule has 68 valence electrons. The minimum absolute atomic E-state index is 0.0613. The van der Waals surface area contributed by atoms with E-state index in [0.29, 0.717) is 0 Å². The van der Waals surface area contributed by atoms with Crippen molar-refractivity contribution in [2.45, 2.75) is 0 Å². The molecule has 0 rings (SSSR count). The molecular weight excluding hydrogens is 156 g/mol. The molecule has 0 saturated carbocycles. The van der Waals surface area contributed by atoms with E-state index in [4.69, 9.17) is 11.1 Å². The van der Waals surface area contributed by atoms with Gasteiger partial charge in [-0.1, -0.05) is 6.58 Å². The van der Waals surface area contributed by atoms with Gasteiger partial charge < -0.3 is 15.5 Å². The Hall–Kier alpha value is -1.52. The molecule has 0 saturated heterocycles. The molecule has 0 bridgehead atoms. The summed E-state index contributed by atoms with van der Waals surface area (Å²) in [4.78, 5) is 13.8. The van der Waals surface area contributed by atoms with E-state index >= 15 is 0 Å². The van der Waals surface area contributed by atoms with Crippen LogP contribution in [0.3, 0.4) is 0 Å². The molecule has 5 heteroatoms. The molecule has 5 nitrogen and oxygen atoms in total. The molecule has 0 atom stereocenters. The Morgan fingerprint density at radius 1 is 1.67 bits per heavy atom. The Bertz CT molecular complexity index is 200. The fourth-order valence-electron chi connectivity index (χ4n) is 0.517. The quantitative estimate of drug-likeness (QED) is 0.437. The van der Waals surface area contributed by atoms with Crippen LogP contribution < -0.4 is 5.73 Å². The Kier molecular flexibility index (Phi) is 3.82. The largest absolute Gasteiger partial charge is 0.386 e. The zero-order valence-electron chi connectivity index (χ0n) is 7.37. The first-order valence-corrected chi connectivity index (χ1v) is 3.40. The van der Waals surface area contributed by atoms with Crippen molar-refractivity contribution < 1.29 is 4.79 Å². The van der Waals surface area contributed by atoms with E-state index in [-0.39, 0.29) is 18.3 Å². The maximum Gasteiger partial charge on any atom is 0.242 e. The first kappa shape index (κ1) is 10.5. The average molecular weight is 170 g/mol. The van der Waals surface area contributed by atoms with Crippen molar-refractivity contribution in [3.05, 3.63) is 12.4 Å². The van der Waals surface area contributed by atoms with Gasteiger partial charge in [0.05, 0.1) is 12.2 Å². The van der Waals surface area contributed by atoms with Crippen molar-refractivity contribution in [1.82, 2.24) is 9.80 Å². The van der Waals surface area contributed by atoms with E-state index in [1.54, 1.807) is 14.1 Å². The van der Waals surface area contributed by atoms with Gasteiger partial charge in [-0.2, -0.15) is 0 Å². The van der Waals surface area contributed by atoms with Crippen LogP contribution in [0.5, 0.6) is 0 Å². The Labute approximate surface area is 71.9 Å². The molecule has 3 N–H and O–H groups in total. The van der Waals surface area contributed by atoms with Crippen LogP contribution in [0.1, 0.15) is 0 Å². The monoisotopic (exact) mass is 170 g/mol. The number of nitrogens with zero attached hydrogens (tertiary/aromatic N) is 2. The SMILES string of the molecule is C=C(N)N(C=N)CC(=O)N(C)C. The molecule has 0 unspecified atom stereocenters. The second-order valence-electron chi connectivity index (χ2n) is 2.54. The molecule has 0 heterocycles. The van der Waals surface area contributed by atoms with Crippen LogP contribution in [-0.4, -0.2) is 42.7 Å². The fraction of sp³-hybridized carbons (Fsp3) is 0.429. The van der Waals surface area contributed by atoms with Gasteiger partial charge >= 0.3 is 0 Å². The van der Waals surface area contributed by atoms with E-state index in [0.717, 1.165) is 6.34 Å². The van der Waals surface area contributed by atoms with Crippen LogP contribution in [0.15, 0.2) is 12.4 Å². The van der Waals surface area contributed by atoms with Crippen molar-refractivity contribution in [1.29, 1.82) is 5.41 Å². The van der Waals surface area contributed by atoms with Crippen LogP contribution in [-0.2, 0) is 4.79 Å². The van der Waals surface area contributed by atoms with Crippen LogP contribution in [0.4, 0.5) is 0 Å². The van der Waals surface area contributed by atoms with Crippen LogP contribution in [0.2, 0.25) is 0 Å².